The summed E-state index contributed by atoms with van der Waals surface area (Å²) in [6.07, 6.45) is -4.04. The van der Waals surface area contributed by atoms with Gasteiger partial charge in [0.05, 0.1) is 6.61 Å². The Hall–Kier alpha value is -0.240. The summed E-state index contributed by atoms with van der Waals surface area (Å²) in [5.74, 6) is 0. The number of hydrogen-bond acceptors (Lipinski definition) is 6. The van der Waals surface area contributed by atoms with Crippen molar-refractivity contribution in [3.63, 3.8) is 0 Å². The van der Waals surface area contributed by atoms with Crippen molar-refractivity contribution >= 4 is 0 Å². The maximum absolute atomic E-state index is 9.68. The van der Waals surface area contributed by atoms with Gasteiger partial charge < -0.3 is 29.9 Å². The molecule has 0 amide bonds. The summed E-state index contributed by atoms with van der Waals surface area (Å²) in [6, 6.07) is 0. The van der Waals surface area contributed by atoms with Crippen LogP contribution in [0.15, 0.2) is 0 Å². The van der Waals surface area contributed by atoms with E-state index in [2.05, 4.69) is 0 Å². The summed E-state index contributed by atoms with van der Waals surface area (Å²) >= 11 is 0. The van der Waals surface area contributed by atoms with E-state index in [4.69, 9.17) is 14.6 Å². The first kappa shape index (κ1) is 13.8. The Labute approximate surface area is 94.4 Å². The summed E-state index contributed by atoms with van der Waals surface area (Å²) in [4.78, 5) is 0. The molecule has 6 nitrogen and oxygen atoms in total. The molecule has 0 saturated carbocycles. The number of hydrogen-bond donors (Lipinski definition) is 4. The smallest absolute Gasteiger partial charge is 0.184 e. The van der Waals surface area contributed by atoms with Crippen LogP contribution in [0.1, 0.15) is 19.8 Å². The summed E-state index contributed by atoms with van der Waals surface area (Å²) < 4.78 is 10.2. The predicted molar refractivity (Wildman–Crippen MR) is 54.6 cm³/mol. The van der Waals surface area contributed by atoms with E-state index in [0.29, 0.717) is 6.61 Å². The van der Waals surface area contributed by atoms with E-state index in [0.717, 1.165) is 12.8 Å². The van der Waals surface area contributed by atoms with E-state index < -0.39 is 37.3 Å². The van der Waals surface area contributed by atoms with Crippen molar-refractivity contribution in [3.05, 3.63) is 0 Å². The Morgan fingerprint density at radius 2 is 1.88 bits per heavy atom. The van der Waals surface area contributed by atoms with E-state index in [9.17, 15) is 15.3 Å². The zero-order valence-corrected chi connectivity index (χ0v) is 9.32. The van der Waals surface area contributed by atoms with Crippen LogP contribution in [0.2, 0.25) is 0 Å². The lowest BCUT2D eigenvalue weighted by Gasteiger charge is -2.39. The summed E-state index contributed by atoms with van der Waals surface area (Å²) in [7, 11) is 0. The molecule has 1 aliphatic heterocycles. The minimum absolute atomic E-state index is 0.384. The van der Waals surface area contributed by atoms with Gasteiger partial charge in [0.1, 0.15) is 24.4 Å². The van der Waals surface area contributed by atoms with Crippen molar-refractivity contribution < 1.29 is 29.9 Å². The molecular weight excluding hydrogens is 216 g/mol. The number of rotatable bonds is 5. The molecule has 1 rings (SSSR count). The van der Waals surface area contributed by atoms with E-state index in [1.54, 1.807) is 0 Å². The Morgan fingerprint density at radius 3 is 2.44 bits per heavy atom. The molecule has 1 heterocycles. The fourth-order valence-electron chi connectivity index (χ4n) is 1.62. The summed E-state index contributed by atoms with van der Waals surface area (Å²) in [6.45, 7) is 1.91. The first-order chi connectivity index (χ1) is 7.61. The van der Waals surface area contributed by atoms with E-state index in [-0.39, 0.29) is 0 Å². The standard InChI is InChI=1S/C10H20O6/c1-2-3-4-15-9-8(13)7(12)6(5-11)16-10(9)14/h6-14H,2-5H2,1H3/t6-,7+,8-,9-,10-/m0/s1. The number of aliphatic hydroxyl groups excluding tert-OH is 4. The van der Waals surface area contributed by atoms with Crippen LogP contribution in [-0.4, -0.2) is 64.3 Å². The first-order valence-electron chi connectivity index (χ1n) is 5.54. The molecule has 96 valence electrons. The molecular formula is C10H20O6. The molecule has 4 N–H and O–H groups in total. The lowest BCUT2D eigenvalue weighted by atomic mass is 9.99. The monoisotopic (exact) mass is 236 g/mol. The van der Waals surface area contributed by atoms with Gasteiger partial charge in [-0.2, -0.15) is 0 Å². The first-order valence-corrected chi connectivity index (χ1v) is 5.54. The van der Waals surface area contributed by atoms with Gasteiger partial charge >= 0.3 is 0 Å². The SMILES string of the molecule is CCCCO[C@H]1[C@@H](O)[C@H](O)[C@H](CO)O[C@@H]1O. The normalized spacial score (nSPS) is 39.9. The zero-order valence-electron chi connectivity index (χ0n) is 9.32. The molecule has 16 heavy (non-hydrogen) atoms. The molecule has 1 saturated heterocycles. The molecule has 6 heteroatoms. The molecule has 0 spiro atoms. The predicted octanol–water partition coefficient (Wildman–Crippen LogP) is -1.40. The molecule has 0 aliphatic carbocycles. The van der Waals surface area contributed by atoms with Gasteiger partial charge in [-0.05, 0) is 6.42 Å². The lowest BCUT2D eigenvalue weighted by Crippen LogP contribution is -2.59. The largest absolute Gasteiger partial charge is 0.394 e. The molecule has 1 fully saturated rings. The lowest BCUT2D eigenvalue weighted by molar-refractivity contribution is -0.296. The Balaban J connectivity index is 2.50. The highest BCUT2D eigenvalue weighted by molar-refractivity contribution is 4.89. The fourth-order valence-corrected chi connectivity index (χ4v) is 1.62. The second kappa shape index (κ2) is 6.48. The third-order valence-corrected chi connectivity index (χ3v) is 2.65. The fraction of sp³-hybridized carbons (Fsp3) is 1.00. The zero-order chi connectivity index (χ0) is 12.1. The van der Waals surface area contributed by atoms with Crippen LogP contribution in [0.4, 0.5) is 0 Å². The maximum atomic E-state index is 9.68. The molecule has 0 aromatic heterocycles. The van der Waals surface area contributed by atoms with Crippen LogP contribution in [0.5, 0.6) is 0 Å². The van der Waals surface area contributed by atoms with Crippen molar-refractivity contribution in [2.75, 3.05) is 13.2 Å². The Kier molecular flexibility index (Phi) is 5.60. The average molecular weight is 236 g/mol. The van der Waals surface area contributed by atoms with Gasteiger partial charge in [0.15, 0.2) is 6.29 Å². The van der Waals surface area contributed by atoms with Crippen LogP contribution in [0.25, 0.3) is 0 Å². The average Bonchev–Trinajstić information content (AvgIpc) is 2.28. The van der Waals surface area contributed by atoms with Gasteiger partial charge in [-0.3, -0.25) is 0 Å². The second-order valence-corrected chi connectivity index (χ2v) is 3.92. The maximum Gasteiger partial charge on any atom is 0.184 e. The summed E-state index contributed by atoms with van der Waals surface area (Å²) in [5, 5.41) is 37.6. The number of aliphatic hydroxyl groups is 4. The highest BCUT2D eigenvalue weighted by Gasteiger charge is 2.44. The van der Waals surface area contributed by atoms with Crippen molar-refractivity contribution in [1.29, 1.82) is 0 Å². The van der Waals surface area contributed by atoms with Crippen LogP contribution in [0.3, 0.4) is 0 Å². The quantitative estimate of drug-likeness (QED) is 0.438. The molecule has 0 aromatic carbocycles. The second-order valence-electron chi connectivity index (χ2n) is 3.92. The molecule has 0 bridgehead atoms. The van der Waals surface area contributed by atoms with Gasteiger partial charge in [0, 0.05) is 6.61 Å². The molecule has 0 aromatic rings. The minimum Gasteiger partial charge on any atom is -0.394 e. The van der Waals surface area contributed by atoms with Crippen molar-refractivity contribution in [1.82, 2.24) is 0 Å². The number of ether oxygens (including phenoxy) is 2. The van der Waals surface area contributed by atoms with Crippen molar-refractivity contribution in [2.24, 2.45) is 0 Å². The van der Waals surface area contributed by atoms with Gasteiger partial charge in [-0.1, -0.05) is 13.3 Å². The van der Waals surface area contributed by atoms with Gasteiger partial charge in [-0.15, -0.1) is 0 Å². The van der Waals surface area contributed by atoms with Gasteiger partial charge in [-0.25, -0.2) is 0 Å². The molecule has 0 radical (unpaired) electrons. The van der Waals surface area contributed by atoms with Gasteiger partial charge in [0.2, 0.25) is 0 Å². The summed E-state index contributed by atoms with van der Waals surface area (Å²) in [5.41, 5.74) is 0. The van der Waals surface area contributed by atoms with Gasteiger partial charge in [0.25, 0.3) is 0 Å². The van der Waals surface area contributed by atoms with Crippen molar-refractivity contribution in [2.45, 2.75) is 50.5 Å². The Morgan fingerprint density at radius 1 is 1.19 bits per heavy atom. The van der Waals surface area contributed by atoms with Crippen LogP contribution in [-0.2, 0) is 9.47 Å². The van der Waals surface area contributed by atoms with Crippen molar-refractivity contribution in [3.8, 4) is 0 Å². The highest BCUT2D eigenvalue weighted by Crippen LogP contribution is 2.22. The number of unbranched alkanes of at least 4 members (excludes halogenated alkanes) is 1. The van der Waals surface area contributed by atoms with Crippen LogP contribution in [0, 0.1) is 0 Å². The van der Waals surface area contributed by atoms with E-state index >= 15 is 0 Å². The molecule has 5 atom stereocenters. The van der Waals surface area contributed by atoms with E-state index in [1.165, 1.54) is 0 Å². The molecule has 0 unspecified atom stereocenters. The highest BCUT2D eigenvalue weighted by atomic mass is 16.7. The molecule has 1 aliphatic rings. The van der Waals surface area contributed by atoms with E-state index in [1.807, 2.05) is 6.92 Å². The van der Waals surface area contributed by atoms with Crippen LogP contribution < -0.4 is 0 Å². The Bertz CT molecular complexity index is 200. The topological polar surface area (TPSA) is 99.4 Å². The van der Waals surface area contributed by atoms with Crippen LogP contribution >= 0.6 is 0 Å². The third kappa shape index (κ3) is 3.13. The minimum atomic E-state index is -1.33. The third-order valence-electron chi connectivity index (χ3n) is 2.65.